The molecule has 0 radical (unpaired) electrons. The number of hydrogen-bond acceptors (Lipinski definition) is 4. The number of nitrogens with zero attached hydrogens (tertiary/aromatic N) is 4. The van der Waals surface area contributed by atoms with Gasteiger partial charge in [-0.2, -0.15) is 13.2 Å². The molecule has 0 spiro atoms. The molecular weight excluding hydrogens is 463 g/mol. The van der Waals surface area contributed by atoms with Gasteiger partial charge in [-0.1, -0.05) is 42.5 Å². The third-order valence-electron chi connectivity index (χ3n) is 6.13. The first kappa shape index (κ1) is 25.4. The Morgan fingerprint density at radius 1 is 0.972 bits per heavy atom. The second kappa shape index (κ2) is 10.5. The molecule has 0 saturated heterocycles. The number of likely N-dealkylation sites (N-methyl/N-ethyl adjacent to an activating group) is 1. The minimum atomic E-state index is -4.43. The van der Waals surface area contributed by atoms with Crippen molar-refractivity contribution in [3.63, 3.8) is 0 Å². The number of alkyl halides is 3. The molecule has 36 heavy (non-hydrogen) atoms. The maximum Gasteiger partial charge on any atom is 0.416 e. The Morgan fingerprint density at radius 3 is 2.42 bits per heavy atom. The van der Waals surface area contributed by atoms with Gasteiger partial charge in [-0.3, -0.25) is 0 Å². The van der Waals surface area contributed by atoms with Crippen molar-refractivity contribution in [1.82, 2.24) is 19.4 Å². The Hall–Kier alpha value is -3.65. The van der Waals surface area contributed by atoms with Crippen LogP contribution in [0.2, 0.25) is 0 Å². The van der Waals surface area contributed by atoms with E-state index in [2.05, 4.69) is 22.1 Å². The summed E-state index contributed by atoms with van der Waals surface area (Å²) in [6.45, 7) is 2.82. The molecule has 0 fully saturated rings. The van der Waals surface area contributed by atoms with Gasteiger partial charge in [-0.15, -0.1) is 0 Å². The lowest BCUT2D eigenvalue weighted by Gasteiger charge is -2.16. The first-order valence-electron chi connectivity index (χ1n) is 11.8. The number of aromatic nitrogens is 3. The molecule has 0 bridgehead atoms. The van der Waals surface area contributed by atoms with E-state index in [4.69, 9.17) is 4.98 Å². The maximum atomic E-state index is 13.5. The van der Waals surface area contributed by atoms with Crippen LogP contribution in [0.3, 0.4) is 0 Å². The lowest BCUT2D eigenvalue weighted by molar-refractivity contribution is -0.137. The molecule has 0 aliphatic rings. The van der Waals surface area contributed by atoms with Crippen LogP contribution in [0.25, 0.3) is 22.5 Å². The zero-order chi connectivity index (χ0) is 25.9. The summed E-state index contributed by atoms with van der Waals surface area (Å²) >= 11 is 0. The van der Waals surface area contributed by atoms with Gasteiger partial charge in [0.1, 0.15) is 11.6 Å². The summed E-state index contributed by atoms with van der Waals surface area (Å²) in [5.74, 6) is 1.48. The summed E-state index contributed by atoms with van der Waals surface area (Å²) in [6.07, 6.45) is -2.06. The van der Waals surface area contributed by atoms with Crippen molar-refractivity contribution in [3.05, 3.63) is 89.9 Å². The fourth-order valence-electron chi connectivity index (χ4n) is 4.17. The van der Waals surface area contributed by atoms with Crippen LogP contribution in [0.15, 0.2) is 72.9 Å². The lowest BCUT2D eigenvalue weighted by Crippen LogP contribution is -2.17. The van der Waals surface area contributed by atoms with E-state index in [1.54, 1.807) is 12.3 Å². The van der Waals surface area contributed by atoms with Crippen LogP contribution >= 0.6 is 0 Å². The second-order valence-electron chi connectivity index (χ2n) is 9.12. The van der Waals surface area contributed by atoms with E-state index in [9.17, 15) is 13.2 Å². The molecule has 0 aliphatic carbocycles. The molecule has 2 heterocycles. The first-order chi connectivity index (χ1) is 17.1. The van der Waals surface area contributed by atoms with Crippen molar-refractivity contribution in [2.24, 2.45) is 7.05 Å². The third-order valence-corrected chi connectivity index (χ3v) is 6.13. The van der Waals surface area contributed by atoms with E-state index in [1.807, 2.05) is 68.2 Å². The monoisotopic (exact) mass is 493 g/mol. The van der Waals surface area contributed by atoms with Crippen LogP contribution in [-0.2, 0) is 19.6 Å². The standard InChI is InChI=1S/C28H30F3N5/c1-19(20-9-6-5-7-10-20)33-24-18-22(13-15-32-24)27-26(34-25(36(27)4)14-16-35(2)3)21-11-8-12-23(17-21)28(29,30)31/h5-13,15,17-19H,14,16H2,1-4H3,(H,32,33)/t19-/m0/s1. The van der Waals surface area contributed by atoms with Gasteiger partial charge in [0.2, 0.25) is 0 Å². The van der Waals surface area contributed by atoms with Gasteiger partial charge in [-0.05, 0) is 50.8 Å². The van der Waals surface area contributed by atoms with Gasteiger partial charge >= 0.3 is 6.18 Å². The average molecular weight is 494 g/mol. The Labute approximate surface area is 209 Å². The number of hydrogen-bond donors (Lipinski definition) is 1. The number of rotatable bonds is 8. The number of imidazole rings is 1. The molecule has 0 unspecified atom stereocenters. The highest BCUT2D eigenvalue weighted by Crippen LogP contribution is 2.37. The minimum Gasteiger partial charge on any atom is -0.364 e. The van der Waals surface area contributed by atoms with Gasteiger partial charge in [0.15, 0.2) is 0 Å². The van der Waals surface area contributed by atoms with Crippen molar-refractivity contribution in [2.75, 3.05) is 26.0 Å². The molecule has 1 atom stereocenters. The van der Waals surface area contributed by atoms with Gasteiger partial charge < -0.3 is 14.8 Å². The summed E-state index contributed by atoms with van der Waals surface area (Å²) in [7, 11) is 5.86. The number of anilines is 1. The van der Waals surface area contributed by atoms with E-state index in [0.717, 1.165) is 35.3 Å². The Morgan fingerprint density at radius 2 is 1.72 bits per heavy atom. The normalized spacial score (nSPS) is 12.7. The molecular formula is C28H30F3N5. The summed E-state index contributed by atoms with van der Waals surface area (Å²) < 4.78 is 42.4. The highest BCUT2D eigenvalue weighted by atomic mass is 19.4. The smallest absolute Gasteiger partial charge is 0.364 e. The Kier molecular flexibility index (Phi) is 7.45. The van der Waals surface area contributed by atoms with Crippen LogP contribution in [0.4, 0.5) is 19.0 Å². The molecule has 0 saturated carbocycles. The van der Waals surface area contributed by atoms with Crippen LogP contribution < -0.4 is 5.32 Å². The topological polar surface area (TPSA) is 46.0 Å². The maximum absolute atomic E-state index is 13.5. The molecule has 8 heteroatoms. The largest absolute Gasteiger partial charge is 0.416 e. The molecule has 188 valence electrons. The van der Waals surface area contributed by atoms with Crippen LogP contribution in [0.5, 0.6) is 0 Å². The molecule has 4 rings (SSSR count). The zero-order valence-electron chi connectivity index (χ0n) is 20.8. The van der Waals surface area contributed by atoms with E-state index < -0.39 is 11.7 Å². The van der Waals surface area contributed by atoms with Gasteiger partial charge in [0.05, 0.1) is 17.0 Å². The van der Waals surface area contributed by atoms with Crippen molar-refractivity contribution in [1.29, 1.82) is 0 Å². The predicted molar refractivity (Wildman–Crippen MR) is 138 cm³/mol. The summed E-state index contributed by atoms with van der Waals surface area (Å²) in [5, 5.41) is 3.43. The summed E-state index contributed by atoms with van der Waals surface area (Å²) in [4.78, 5) is 11.4. The molecule has 2 aromatic carbocycles. The minimum absolute atomic E-state index is 0.0269. The molecule has 4 aromatic rings. The van der Waals surface area contributed by atoms with E-state index in [0.29, 0.717) is 23.5 Å². The van der Waals surface area contributed by atoms with Crippen molar-refractivity contribution < 1.29 is 13.2 Å². The van der Waals surface area contributed by atoms with Gasteiger partial charge in [-0.25, -0.2) is 9.97 Å². The zero-order valence-corrected chi connectivity index (χ0v) is 20.8. The predicted octanol–water partition coefficient (Wildman–Crippen LogP) is 6.45. The Balaban J connectivity index is 1.77. The van der Waals surface area contributed by atoms with Crippen LogP contribution in [-0.4, -0.2) is 40.1 Å². The second-order valence-corrected chi connectivity index (χ2v) is 9.12. The first-order valence-corrected chi connectivity index (χ1v) is 11.8. The average Bonchev–Trinajstić information content (AvgIpc) is 3.19. The lowest BCUT2D eigenvalue weighted by atomic mass is 10.0. The highest BCUT2D eigenvalue weighted by Gasteiger charge is 2.31. The van der Waals surface area contributed by atoms with Crippen molar-refractivity contribution in [2.45, 2.75) is 25.6 Å². The number of benzene rings is 2. The molecule has 1 N–H and O–H groups in total. The van der Waals surface area contributed by atoms with Gasteiger partial charge in [0.25, 0.3) is 0 Å². The van der Waals surface area contributed by atoms with Crippen molar-refractivity contribution >= 4 is 5.82 Å². The fourth-order valence-corrected chi connectivity index (χ4v) is 4.17. The molecule has 0 aliphatic heterocycles. The SMILES string of the molecule is C[C@H](Nc1cc(-c2c(-c3cccc(C(F)(F)F)c3)nc(CCN(C)C)n2C)ccn1)c1ccccc1. The van der Waals surface area contributed by atoms with E-state index in [1.165, 1.54) is 12.1 Å². The number of pyridine rings is 1. The molecule has 2 aromatic heterocycles. The fraction of sp³-hybridized carbons (Fsp3) is 0.286. The van der Waals surface area contributed by atoms with Crippen molar-refractivity contribution in [3.8, 4) is 22.5 Å². The summed E-state index contributed by atoms with van der Waals surface area (Å²) in [5.41, 5.74) is 2.95. The Bertz CT molecular complexity index is 1310. The quantitative estimate of drug-likeness (QED) is 0.307. The number of nitrogens with one attached hydrogen (secondary N) is 1. The molecule has 5 nitrogen and oxygen atoms in total. The molecule has 0 amide bonds. The number of halogens is 3. The van der Waals surface area contributed by atoms with E-state index >= 15 is 0 Å². The van der Waals surface area contributed by atoms with E-state index in [-0.39, 0.29) is 6.04 Å². The summed E-state index contributed by atoms with van der Waals surface area (Å²) in [6, 6.07) is 19.2. The van der Waals surface area contributed by atoms with Crippen LogP contribution in [0, 0.1) is 0 Å². The van der Waals surface area contributed by atoms with Crippen LogP contribution in [0.1, 0.15) is 29.9 Å². The third kappa shape index (κ3) is 5.76. The van der Waals surface area contributed by atoms with Gasteiger partial charge in [0, 0.05) is 43.4 Å². The highest BCUT2D eigenvalue weighted by molar-refractivity contribution is 5.80.